The summed E-state index contributed by atoms with van der Waals surface area (Å²) in [6.45, 7) is 10.1. The van der Waals surface area contributed by atoms with Crippen LogP contribution in [-0.4, -0.2) is 99.7 Å². The number of amides is 3. The standard InChI is InChI=1S/C38H57N5O8S/c1-7-11-32(45)51-23-43(37(48)33(24(3)8-2)41-35(47)31-12-9-10-18-42(31)6)19-17-25(4)36-40-30(22-52-36)34(46)39-28(20-26(5)38(49)50)21-27-13-15-29(44)16-14-27/h13-16,22,24-26,28,31,33,44H,7-12,17-21,23H2,1-6H3,(H,39,46)(H,41,47)(H,49,50)/t24?,25-,26+,28-,31-,33+/m1/s1. The van der Waals surface area contributed by atoms with Crippen molar-refractivity contribution in [1.29, 1.82) is 0 Å². The third kappa shape index (κ3) is 12.9. The van der Waals surface area contributed by atoms with E-state index in [9.17, 15) is 34.2 Å². The van der Waals surface area contributed by atoms with Crippen LogP contribution in [0.5, 0.6) is 5.75 Å². The predicted molar refractivity (Wildman–Crippen MR) is 199 cm³/mol. The zero-order chi connectivity index (χ0) is 38.4. The molecule has 52 heavy (non-hydrogen) atoms. The van der Waals surface area contributed by atoms with Crippen LogP contribution < -0.4 is 10.6 Å². The molecule has 288 valence electrons. The Balaban J connectivity index is 1.72. The summed E-state index contributed by atoms with van der Waals surface area (Å²) < 4.78 is 5.50. The van der Waals surface area contributed by atoms with Crippen LogP contribution in [0.25, 0.3) is 0 Å². The van der Waals surface area contributed by atoms with E-state index < -0.39 is 35.8 Å². The Kier molecular flexibility index (Phi) is 17.0. The van der Waals surface area contributed by atoms with Crippen LogP contribution in [0.3, 0.4) is 0 Å². The van der Waals surface area contributed by atoms with E-state index in [1.807, 2.05) is 39.6 Å². The van der Waals surface area contributed by atoms with E-state index in [4.69, 9.17) is 4.74 Å². The van der Waals surface area contributed by atoms with Crippen LogP contribution in [0.15, 0.2) is 29.6 Å². The molecular formula is C38H57N5O8S. The van der Waals surface area contributed by atoms with Gasteiger partial charge < -0.3 is 30.5 Å². The van der Waals surface area contributed by atoms with E-state index >= 15 is 0 Å². The number of likely N-dealkylation sites (tertiary alicyclic amines) is 1. The summed E-state index contributed by atoms with van der Waals surface area (Å²) in [5.74, 6) is -3.18. The van der Waals surface area contributed by atoms with Gasteiger partial charge in [-0.15, -0.1) is 11.3 Å². The van der Waals surface area contributed by atoms with Crippen molar-refractivity contribution in [1.82, 2.24) is 25.4 Å². The van der Waals surface area contributed by atoms with Crippen molar-refractivity contribution in [2.75, 3.05) is 26.9 Å². The molecule has 4 N–H and O–H groups in total. The fourth-order valence-electron chi connectivity index (χ4n) is 6.19. The summed E-state index contributed by atoms with van der Waals surface area (Å²) in [5.41, 5.74) is 1.04. The van der Waals surface area contributed by atoms with Gasteiger partial charge in [0.1, 0.15) is 17.5 Å². The number of phenolic OH excluding ortho intramolecular Hbond substituents is 1. The average Bonchev–Trinajstić information content (AvgIpc) is 3.62. The number of piperidine rings is 1. The fraction of sp³-hybridized carbons (Fsp3) is 0.632. The lowest BCUT2D eigenvalue weighted by Crippen LogP contribution is -2.57. The van der Waals surface area contributed by atoms with Gasteiger partial charge >= 0.3 is 11.9 Å². The minimum Gasteiger partial charge on any atom is -0.508 e. The number of thiazole rings is 1. The van der Waals surface area contributed by atoms with E-state index in [1.54, 1.807) is 36.6 Å². The minimum atomic E-state index is -0.961. The van der Waals surface area contributed by atoms with E-state index in [-0.39, 0.29) is 67.3 Å². The number of nitrogens with one attached hydrogen (secondary N) is 2. The molecule has 1 fully saturated rings. The lowest BCUT2D eigenvalue weighted by Gasteiger charge is -2.35. The first-order valence-electron chi connectivity index (χ1n) is 18.5. The van der Waals surface area contributed by atoms with Gasteiger partial charge in [-0.3, -0.25) is 28.9 Å². The highest BCUT2D eigenvalue weighted by Crippen LogP contribution is 2.25. The summed E-state index contributed by atoms with van der Waals surface area (Å²) in [7, 11) is 1.92. The average molecular weight is 744 g/mol. The number of carbonyl (C=O) groups is 5. The van der Waals surface area contributed by atoms with Gasteiger partial charge in [-0.1, -0.05) is 59.6 Å². The zero-order valence-corrected chi connectivity index (χ0v) is 32.2. The zero-order valence-electron chi connectivity index (χ0n) is 31.4. The molecule has 1 aliphatic heterocycles. The van der Waals surface area contributed by atoms with E-state index in [0.717, 1.165) is 31.4 Å². The molecule has 13 nitrogen and oxygen atoms in total. The van der Waals surface area contributed by atoms with E-state index in [0.29, 0.717) is 30.7 Å². The Morgan fingerprint density at radius 2 is 1.79 bits per heavy atom. The molecule has 1 unspecified atom stereocenters. The van der Waals surface area contributed by atoms with Crippen LogP contribution in [0, 0.1) is 11.8 Å². The first kappa shape index (κ1) is 42.4. The highest BCUT2D eigenvalue weighted by atomic mass is 32.1. The van der Waals surface area contributed by atoms with Crippen molar-refractivity contribution >= 4 is 41.0 Å². The Labute approximate surface area is 311 Å². The number of hydrogen-bond donors (Lipinski definition) is 4. The van der Waals surface area contributed by atoms with Crippen molar-refractivity contribution in [3.05, 3.63) is 45.9 Å². The topological polar surface area (TPSA) is 178 Å². The predicted octanol–water partition coefficient (Wildman–Crippen LogP) is 4.94. The summed E-state index contributed by atoms with van der Waals surface area (Å²) >= 11 is 1.32. The van der Waals surface area contributed by atoms with E-state index in [2.05, 4.69) is 15.6 Å². The number of nitrogens with zero attached hydrogens (tertiary/aromatic N) is 3. The molecule has 3 rings (SSSR count). The molecule has 1 aromatic carbocycles. The van der Waals surface area contributed by atoms with Crippen LogP contribution in [-0.2, 0) is 30.3 Å². The van der Waals surface area contributed by atoms with Gasteiger partial charge in [-0.2, -0.15) is 0 Å². The summed E-state index contributed by atoms with van der Waals surface area (Å²) in [5, 5.41) is 27.5. The summed E-state index contributed by atoms with van der Waals surface area (Å²) in [6.07, 6.45) is 5.25. The highest BCUT2D eigenvalue weighted by Gasteiger charge is 2.34. The molecule has 0 saturated carbocycles. The number of ether oxygens (including phenoxy) is 1. The number of esters is 1. The smallest absolute Gasteiger partial charge is 0.307 e. The van der Waals surface area contributed by atoms with Crippen molar-refractivity contribution in [3.63, 3.8) is 0 Å². The maximum absolute atomic E-state index is 14.1. The molecule has 3 amide bonds. The molecule has 1 saturated heterocycles. The fourth-order valence-corrected chi connectivity index (χ4v) is 7.08. The molecule has 0 radical (unpaired) electrons. The second-order valence-electron chi connectivity index (χ2n) is 14.1. The number of aliphatic carboxylic acids is 1. The second kappa shape index (κ2) is 20.9. The van der Waals surface area contributed by atoms with Crippen LogP contribution in [0.2, 0.25) is 0 Å². The molecule has 0 bridgehead atoms. The Hall–Kier alpha value is -4.04. The van der Waals surface area contributed by atoms with Gasteiger partial charge in [0.2, 0.25) is 11.8 Å². The van der Waals surface area contributed by atoms with Crippen molar-refractivity contribution in [2.45, 2.75) is 116 Å². The lowest BCUT2D eigenvalue weighted by molar-refractivity contribution is -0.155. The maximum atomic E-state index is 14.1. The maximum Gasteiger partial charge on any atom is 0.307 e. The van der Waals surface area contributed by atoms with E-state index in [1.165, 1.54) is 16.2 Å². The van der Waals surface area contributed by atoms with Gasteiger partial charge in [0.05, 0.1) is 17.0 Å². The number of rotatable bonds is 20. The van der Waals surface area contributed by atoms with Gasteiger partial charge in [-0.05, 0) is 75.7 Å². The van der Waals surface area contributed by atoms with Crippen LogP contribution in [0.4, 0.5) is 0 Å². The van der Waals surface area contributed by atoms with Gasteiger partial charge in [0.15, 0.2) is 6.73 Å². The quantitative estimate of drug-likeness (QED) is 0.107. The number of phenols is 1. The number of carbonyl (C=O) groups excluding carboxylic acids is 4. The van der Waals surface area contributed by atoms with Crippen LogP contribution >= 0.6 is 11.3 Å². The minimum absolute atomic E-state index is 0.113. The Bertz CT molecular complexity index is 1480. The molecule has 0 aliphatic carbocycles. The molecule has 2 heterocycles. The number of carboxylic acids is 1. The number of aromatic nitrogens is 1. The summed E-state index contributed by atoms with van der Waals surface area (Å²) in [4.78, 5) is 72.9. The van der Waals surface area contributed by atoms with Gasteiger partial charge in [-0.25, -0.2) is 4.98 Å². The summed E-state index contributed by atoms with van der Waals surface area (Å²) in [6, 6.07) is 4.97. The first-order chi connectivity index (χ1) is 24.7. The lowest BCUT2D eigenvalue weighted by atomic mass is 9.96. The van der Waals surface area contributed by atoms with Crippen molar-refractivity contribution < 1.29 is 38.9 Å². The normalized spacial score (nSPS) is 17.6. The largest absolute Gasteiger partial charge is 0.508 e. The highest BCUT2D eigenvalue weighted by molar-refractivity contribution is 7.09. The number of carboxylic acid groups (broad SMARTS) is 1. The molecule has 1 aromatic heterocycles. The van der Waals surface area contributed by atoms with Gasteiger partial charge in [0, 0.05) is 30.3 Å². The third-order valence-corrected chi connectivity index (χ3v) is 10.9. The number of aromatic hydroxyl groups is 1. The van der Waals surface area contributed by atoms with Gasteiger partial charge in [0.25, 0.3) is 5.91 Å². The van der Waals surface area contributed by atoms with Crippen molar-refractivity contribution in [2.24, 2.45) is 11.8 Å². The number of benzene rings is 1. The SMILES string of the molecule is CCCC(=O)OCN(CC[C@@H](C)c1nc(C(=O)N[C@@H](Cc2ccc(O)cc2)C[C@H](C)C(=O)O)cs1)C(=O)[C@@H](NC(=O)[C@H]1CCCCN1C)C(C)CC. The number of likely N-dealkylation sites (N-methyl/N-ethyl adjacent to an activating group) is 1. The number of hydrogen-bond acceptors (Lipinski definition) is 10. The molecule has 0 spiro atoms. The third-order valence-electron chi connectivity index (χ3n) is 9.82. The second-order valence-corrected chi connectivity index (χ2v) is 15.0. The molecule has 6 atom stereocenters. The Morgan fingerprint density at radius 1 is 1.08 bits per heavy atom. The van der Waals surface area contributed by atoms with Crippen LogP contribution in [0.1, 0.15) is 113 Å². The monoisotopic (exact) mass is 743 g/mol. The molecule has 2 aromatic rings. The van der Waals surface area contributed by atoms with Crippen molar-refractivity contribution in [3.8, 4) is 5.75 Å². The first-order valence-corrected chi connectivity index (χ1v) is 19.3. The Morgan fingerprint density at radius 3 is 2.42 bits per heavy atom. The molecule has 1 aliphatic rings. The molecule has 14 heteroatoms. The molecular weight excluding hydrogens is 687 g/mol.